The highest BCUT2D eigenvalue weighted by Gasteiger charge is 2.47. The van der Waals surface area contributed by atoms with Gasteiger partial charge < -0.3 is 25.0 Å². The molecule has 2 N–H and O–H groups in total. The van der Waals surface area contributed by atoms with Crippen LogP contribution in [0.3, 0.4) is 0 Å². The van der Waals surface area contributed by atoms with Crippen molar-refractivity contribution in [1.29, 1.82) is 0 Å². The largest absolute Gasteiger partial charge is 0.454 e. The molecule has 9 nitrogen and oxygen atoms in total. The van der Waals surface area contributed by atoms with E-state index in [-0.39, 0.29) is 37.7 Å². The van der Waals surface area contributed by atoms with Crippen LogP contribution in [-0.4, -0.2) is 59.6 Å². The monoisotopic (exact) mass is 464 g/mol. The molecule has 178 valence electrons. The smallest absolute Gasteiger partial charge is 0.327 e. The van der Waals surface area contributed by atoms with E-state index in [4.69, 9.17) is 9.47 Å². The molecule has 9 heteroatoms. The van der Waals surface area contributed by atoms with Gasteiger partial charge in [-0.3, -0.25) is 14.5 Å². The van der Waals surface area contributed by atoms with E-state index in [9.17, 15) is 14.4 Å². The molecule has 2 aromatic rings. The van der Waals surface area contributed by atoms with Crippen LogP contribution in [0.5, 0.6) is 11.5 Å². The molecule has 2 fully saturated rings. The minimum Gasteiger partial charge on any atom is -0.454 e. The third kappa shape index (κ3) is 4.19. The van der Waals surface area contributed by atoms with Crippen molar-refractivity contribution in [2.75, 3.05) is 25.2 Å². The SMILES string of the molecule is Cc1ccc(C)c(NC(=O)CN2C(=O)N(Cc3ccc4c(c3)OCO4)C(=O)C3NCCCC32)c1. The molecule has 0 spiro atoms. The van der Waals surface area contributed by atoms with Gasteiger partial charge >= 0.3 is 6.03 Å². The fraction of sp³-hybridized carbons (Fsp3) is 0.400. The standard InChI is InChI=1S/C25H28N4O5/c1-15-5-6-16(2)18(10-15)27-22(30)13-28-19-4-3-9-26-23(19)24(31)29(25(28)32)12-17-7-8-20-21(11-17)34-14-33-20/h5-8,10-11,19,23,26H,3-4,9,12-14H2,1-2H3,(H,27,30). The number of nitrogens with zero attached hydrogens (tertiary/aromatic N) is 2. The van der Waals surface area contributed by atoms with Crippen LogP contribution >= 0.6 is 0 Å². The molecular weight excluding hydrogens is 436 g/mol. The van der Waals surface area contributed by atoms with Crippen LogP contribution in [0.2, 0.25) is 0 Å². The van der Waals surface area contributed by atoms with Gasteiger partial charge in [0, 0.05) is 5.69 Å². The molecule has 2 aromatic carbocycles. The lowest BCUT2D eigenvalue weighted by Crippen LogP contribution is -2.70. The van der Waals surface area contributed by atoms with Gasteiger partial charge in [-0.25, -0.2) is 4.79 Å². The highest BCUT2D eigenvalue weighted by molar-refractivity contribution is 6.03. The van der Waals surface area contributed by atoms with Crippen molar-refractivity contribution in [3.05, 3.63) is 53.1 Å². The molecule has 0 saturated carbocycles. The Balaban J connectivity index is 1.36. The van der Waals surface area contributed by atoms with Crippen molar-refractivity contribution < 1.29 is 23.9 Å². The number of amides is 4. The van der Waals surface area contributed by atoms with E-state index < -0.39 is 12.1 Å². The molecule has 3 heterocycles. The Bertz CT molecular complexity index is 1150. The fourth-order valence-corrected chi connectivity index (χ4v) is 4.79. The second kappa shape index (κ2) is 8.98. The van der Waals surface area contributed by atoms with Crippen LogP contribution < -0.4 is 20.1 Å². The molecule has 4 amide bonds. The zero-order valence-corrected chi connectivity index (χ0v) is 19.3. The molecule has 0 radical (unpaired) electrons. The second-order valence-electron chi connectivity index (χ2n) is 9.03. The Morgan fingerprint density at radius 1 is 1.12 bits per heavy atom. The Morgan fingerprint density at radius 2 is 1.94 bits per heavy atom. The van der Waals surface area contributed by atoms with Gasteiger partial charge in [-0.05, 0) is 68.1 Å². The maximum atomic E-state index is 13.5. The number of aryl methyl sites for hydroxylation is 2. The number of urea groups is 1. The summed E-state index contributed by atoms with van der Waals surface area (Å²) in [6.07, 6.45) is 1.50. The average Bonchev–Trinajstić information content (AvgIpc) is 3.30. The zero-order chi connectivity index (χ0) is 23.8. The molecule has 0 aromatic heterocycles. The molecule has 3 aliphatic rings. The van der Waals surface area contributed by atoms with Gasteiger partial charge in [0.05, 0.1) is 12.6 Å². The van der Waals surface area contributed by atoms with Crippen molar-refractivity contribution in [1.82, 2.24) is 15.1 Å². The normalized spacial score (nSPS) is 21.5. The number of anilines is 1. The van der Waals surface area contributed by atoms with E-state index in [0.29, 0.717) is 24.5 Å². The number of ether oxygens (including phenoxy) is 2. The van der Waals surface area contributed by atoms with Crippen molar-refractivity contribution in [3.63, 3.8) is 0 Å². The van der Waals surface area contributed by atoms with E-state index in [1.807, 2.05) is 38.1 Å². The summed E-state index contributed by atoms with van der Waals surface area (Å²) in [5.41, 5.74) is 3.45. The quantitative estimate of drug-likeness (QED) is 0.706. The minimum atomic E-state index is -0.533. The van der Waals surface area contributed by atoms with E-state index in [1.54, 1.807) is 12.1 Å². The number of nitrogens with one attached hydrogen (secondary N) is 2. The van der Waals surface area contributed by atoms with Crippen molar-refractivity contribution >= 4 is 23.5 Å². The lowest BCUT2D eigenvalue weighted by molar-refractivity contribution is -0.138. The average molecular weight is 465 g/mol. The van der Waals surface area contributed by atoms with Crippen LogP contribution in [0.15, 0.2) is 36.4 Å². The lowest BCUT2D eigenvalue weighted by atomic mass is 9.93. The van der Waals surface area contributed by atoms with Gasteiger partial charge in [0.15, 0.2) is 11.5 Å². The Labute approximate surface area is 198 Å². The van der Waals surface area contributed by atoms with E-state index in [1.165, 1.54) is 9.80 Å². The number of fused-ring (bicyclic) bond motifs is 2. The number of imide groups is 1. The molecule has 5 rings (SSSR count). The topological polar surface area (TPSA) is 100 Å². The molecule has 3 aliphatic heterocycles. The van der Waals surface area contributed by atoms with Crippen LogP contribution in [-0.2, 0) is 16.1 Å². The summed E-state index contributed by atoms with van der Waals surface area (Å²) in [6.45, 7) is 4.70. The molecule has 2 atom stereocenters. The first kappa shape index (κ1) is 22.2. The summed E-state index contributed by atoms with van der Waals surface area (Å²) in [6, 6.07) is 9.86. The maximum Gasteiger partial charge on any atom is 0.327 e. The predicted molar refractivity (Wildman–Crippen MR) is 125 cm³/mol. The van der Waals surface area contributed by atoms with Crippen molar-refractivity contribution in [3.8, 4) is 11.5 Å². The number of hydrogen-bond acceptors (Lipinski definition) is 6. The first-order chi connectivity index (χ1) is 16.4. The number of piperidine rings is 1. The summed E-state index contributed by atoms with van der Waals surface area (Å²) in [4.78, 5) is 42.5. The molecule has 34 heavy (non-hydrogen) atoms. The van der Waals surface area contributed by atoms with Crippen LogP contribution in [0, 0.1) is 13.8 Å². The summed E-state index contributed by atoms with van der Waals surface area (Å²) in [7, 11) is 0. The zero-order valence-electron chi connectivity index (χ0n) is 19.3. The summed E-state index contributed by atoms with van der Waals surface area (Å²) >= 11 is 0. The Morgan fingerprint density at radius 3 is 2.79 bits per heavy atom. The Hall–Kier alpha value is -3.59. The summed E-state index contributed by atoms with van der Waals surface area (Å²) < 4.78 is 10.8. The van der Waals surface area contributed by atoms with Gasteiger partial charge in [0.2, 0.25) is 18.6 Å². The van der Waals surface area contributed by atoms with Gasteiger partial charge in [-0.2, -0.15) is 0 Å². The first-order valence-electron chi connectivity index (χ1n) is 11.5. The number of carbonyl (C=O) groups excluding carboxylic acids is 3. The highest BCUT2D eigenvalue weighted by atomic mass is 16.7. The summed E-state index contributed by atoms with van der Waals surface area (Å²) in [5, 5.41) is 6.19. The summed E-state index contributed by atoms with van der Waals surface area (Å²) in [5.74, 6) is 0.675. The third-order valence-corrected chi connectivity index (χ3v) is 6.59. The second-order valence-corrected chi connectivity index (χ2v) is 9.03. The van der Waals surface area contributed by atoms with Crippen LogP contribution in [0.4, 0.5) is 10.5 Å². The highest BCUT2D eigenvalue weighted by Crippen LogP contribution is 2.33. The number of benzene rings is 2. The number of carbonyl (C=O) groups is 3. The fourth-order valence-electron chi connectivity index (χ4n) is 4.79. The van der Waals surface area contributed by atoms with Crippen molar-refractivity contribution in [2.45, 2.75) is 45.3 Å². The predicted octanol–water partition coefficient (Wildman–Crippen LogP) is 2.56. The van der Waals surface area contributed by atoms with Crippen LogP contribution in [0.25, 0.3) is 0 Å². The third-order valence-electron chi connectivity index (χ3n) is 6.59. The minimum absolute atomic E-state index is 0.0916. The van der Waals surface area contributed by atoms with E-state index >= 15 is 0 Å². The van der Waals surface area contributed by atoms with E-state index in [2.05, 4.69) is 10.6 Å². The van der Waals surface area contributed by atoms with E-state index in [0.717, 1.165) is 28.8 Å². The maximum absolute atomic E-state index is 13.5. The first-order valence-corrected chi connectivity index (χ1v) is 11.5. The van der Waals surface area contributed by atoms with Gasteiger partial charge in [-0.1, -0.05) is 18.2 Å². The van der Waals surface area contributed by atoms with Crippen molar-refractivity contribution in [2.24, 2.45) is 0 Å². The lowest BCUT2D eigenvalue weighted by Gasteiger charge is -2.46. The molecule has 2 unspecified atom stereocenters. The van der Waals surface area contributed by atoms with Gasteiger partial charge in [-0.15, -0.1) is 0 Å². The number of rotatable bonds is 5. The van der Waals surface area contributed by atoms with Crippen LogP contribution in [0.1, 0.15) is 29.5 Å². The molecule has 0 bridgehead atoms. The van der Waals surface area contributed by atoms with Gasteiger partial charge in [0.1, 0.15) is 12.6 Å². The number of hydrogen-bond donors (Lipinski definition) is 2. The molecule has 2 saturated heterocycles. The Kier molecular flexibility index (Phi) is 5.87. The van der Waals surface area contributed by atoms with Gasteiger partial charge in [0.25, 0.3) is 0 Å². The molecule has 0 aliphatic carbocycles. The molecular formula is C25H28N4O5.